The summed E-state index contributed by atoms with van der Waals surface area (Å²) in [5, 5.41) is 10.0. The lowest BCUT2D eigenvalue weighted by molar-refractivity contribution is 0.198. The maximum absolute atomic E-state index is 9.44. The minimum absolute atomic E-state index is 0.274. The molecule has 1 aromatic heterocycles. The standard InChI is InChI=1S/C10H14ClN3O/c11-9-7(5-12)1-3-13-10(9)14-4-2-8(15)6-14/h1,3,8,15H,2,4-6,12H2. The fourth-order valence-corrected chi connectivity index (χ4v) is 2.09. The summed E-state index contributed by atoms with van der Waals surface area (Å²) in [6, 6.07) is 1.82. The Balaban J connectivity index is 2.28. The highest BCUT2D eigenvalue weighted by Gasteiger charge is 2.23. The average Bonchev–Trinajstić information content (AvgIpc) is 2.65. The number of hydrogen-bond donors (Lipinski definition) is 2. The van der Waals surface area contributed by atoms with Crippen molar-refractivity contribution in [2.45, 2.75) is 19.1 Å². The molecule has 1 saturated heterocycles. The van der Waals surface area contributed by atoms with Crippen LogP contribution in [0.15, 0.2) is 12.3 Å². The lowest BCUT2D eigenvalue weighted by Crippen LogP contribution is -2.23. The maximum Gasteiger partial charge on any atom is 0.147 e. The van der Waals surface area contributed by atoms with E-state index in [1.165, 1.54) is 0 Å². The van der Waals surface area contributed by atoms with Gasteiger partial charge in [-0.25, -0.2) is 4.98 Å². The number of rotatable bonds is 2. The first-order chi connectivity index (χ1) is 7.22. The second-order valence-corrected chi connectivity index (χ2v) is 4.08. The summed E-state index contributed by atoms with van der Waals surface area (Å²) in [6.07, 6.45) is 2.20. The van der Waals surface area contributed by atoms with E-state index in [4.69, 9.17) is 17.3 Å². The van der Waals surface area contributed by atoms with E-state index in [0.717, 1.165) is 24.3 Å². The molecule has 0 bridgehead atoms. The van der Waals surface area contributed by atoms with Crippen molar-refractivity contribution >= 4 is 17.4 Å². The molecule has 0 aliphatic carbocycles. The van der Waals surface area contributed by atoms with E-state index in [0.29, 0.717) is 18.1 Å². The Labute approximate surface area is 93.7 Å². The average molecular weight is 228 g/mol. The second-order valence-electron chi connectivity index (χ2n) is 3.70. The van der Waals surface area contributed by atoms with Crippen molar-refractivity contribution in [3.8, 4) is 0 Å². The number of aromatic nitrogens is 1. The van der Waals surface area contributed by atoms with Crippen LogP contribution in [0.25, 0.3) is 0 Å². The molecule has 0 saturated carbocycles. The molecule has 0 spiro atoms. The van der Waals surface area contributed by atoms with Gasteiger partial charge in [-0.1, -0.05) is 11.6 Å². The molecular weight excluding hydrogens is 214 g/mol. The largest absolute Gasteiger partial charge is 0.391 e. The second kappa shape index (κ2) is 4.35. The first-order valence-corrected chi connectivity index (χ1v) is 5.36. The minimum Gasteiger partial charge on any atom is -0.391 e. The van der Waals surface area contributed by atoms with E-state index in [9.17, 15) is 5.11 Å². The number of β-amino-alcohol motifs (C(OH)–C–C–N with tert-alkyl or cyclic N) is 1. The van der Waals surface area contributed by atoms with Crippen molar-refractivity contribution < 1.29 is 5.11 Å². The zero-order valence-electron chi connectivity index (χ0n) is 8.36. The molecule has 3 N–H and O–H groups in total. The summed E-state index contributed by atoms with van der Waals surface area (Å²) >= 11 is 6.17. The number of aliphatic hydroxyl groups excluding tert-OH is 1. The molecule has 1 unspecified atom stereocenters. The van der Waals surface area contributed by atoms with Crippen LogP contribution in [0.3, 0.4) is 0 Å². The number of nitrogens with zero attached hydrogens (tertiary/aromatic N) is 2. The third kappa shape index (κ3) is 2.07. The van der Waals surface area contributed by atoms with Gasteiger partial charge in [0.2, 0.25) is 0 Å². The fourth-order valence-electron chi connectivity index (χ4n) is 1.78. The molecule has 15 heavy (non-hydrogen) atoms. The van der Waals surface area contributed by atoms with Gasteiger partial charge >= 0.3 is 0 Å². The van der Waals surface area contributed by atoms with Crippen LogP contribution in [-0.2, 0) is 6.54 Å². The molecule has 1 aromatic rings. The number of anilines is 1. The molecule has 1 aliphatic rings. The van der Waals surface area contributed by atoms with Crippen LogP contribution in [0.2, 0.25) is 5.02 Å². The smallest absolute Gasteiger partial charge is 0.147 e. The monoisotopic (exact) mass is 227 g/mol. The molecule has 1 aliphatic heterocycles. The molecule has 1 fully saturated rings. The van der Waals surface area contributed by atoms with Crippen LogP contribution < -0.4 is 10.6 Å². The fraction of sp³-hybridized carbons (Fsp3) is 0.500. The van der Waals surface area contributed by atoms with Gasteiger partial charge in [0.15, 0.2) is 0 Å². The quantitative estimate of drug-likeness (QED) is 0.783. The summed E-state index contributed by atoms with van der Waals surface area (Å²) in [7, 11) is 0. The van der Waals surface area contributed by atoms with Gasteiger partial charge in [-0.2, -0.15) is 0 Å². The summed E-state index contributed by atoms with van der Waals surface area (Å²) in [5.74, 6) is 0.733. The van der Waals surface area contributed by atoms with Gasteiger partial charge in [0.25, 0.3) is 0 Å². The Morgan fingerprint density at radius 2 is 2.47 bits per heavy atom. The SMILES string of the molecule is NCc1ccnc(N2CCC(O)C2)c1Cl. The number of aliphatic hydroxyl groups is 1. The van der Waals surface area contributed by atoms with E-state index >= 15 is 0 Å². The maximum atomic E-state index is 9.44. The van der Waals surface area contributed by atoms with Crippen molar-refractivity contribution in [3.05, 3.63) is 22.8 Å². The predicted molar refractivity (Wildman–Crippen MR) is 60.0 cm³/mol. The van der Waals surface area contributed by atoms with Crippen molar-refractivity contribution in [1.29, 1.82) is 0 Å². The van der Waals surface area contributed by atoms with Crippen LogP contribution in [-0.4, -0.2) is 29.3 Å². The summed E-state index contributed by atoms with van der Waals surface area (Å²) < 4.78 is 0. The van der Waals surface area contributed by atoms with Gasteiger partial charge in [0.1, 0.15) is 5.82 Å². The number of halogens is 1. The molecule has 0 aromatic carbocycles. The highest BCUT2D eigenvalue weighted by atomic mass is 35.5. The number of pyridine rings is 1. The molecule has 1 atom stereocenters. The topological polar surface area (TPSA) is 62.4 Å². The number of hydrogen-bond acceptors (Lipinski definition) is 4. The van der Waals surface area contributed by atoms with Gasteiger partial charge in [-0.15, -0.1) is 0 Å². The number of nitrogens with two attached hydrogens (primary N) is 1. The van der Waals surface area contributed by atoms with Crippen LogP contribution in [0.1, 0.15) is 12.0 Å². The van der Waals surface area contributed by atoms with Crippen molar-refractivity contribution in [3.63, 3.8) is 0 Å². The normalized spacial score (nSPS) is 21.0. The Morgan fingerprint density at radius 1 is 1.67 bits per heavy atom. The first kappa shape index (κ1) is 10.7. The van der Waals surface area contributed by atoms with E-state index < -0.39 is 0 Å². The minimum atomic E-state index is -0.274. The molecule has 0 radical (unpaired) electrons. The van der Waals surface area contributed by atoms with Crippen molar-refractivity contribution in [2.24, 2.45) is 5.73 Å². The molecule has 5 heteroatoms. The molecular formula is C10H14ClN3O. The molecule has 2 rings (SSSR count). The Bertz CT molecular complexity index is 359. The lowest BCUT2D eigenvalue weighted by atomic mass is 10.2. The Kier molecular flexibility index (Phi) is 3.09. The predicted octanol–water partition coefficient (Wildman–Crippen LogP) is 0.765. The summed E-state index contributed by atoms with van der Waals surface area (Å²) in [4.78, 5) is 6.22. The van der Waals surface area contributed by atoms with E-state index in [1.54, 1.807) is 6.20 Å². The van der Waals surface area contributed by atoms with Gasteiger partial charge in [0, 0.05) is 25.8 Å². The van der Waals surface area contributed by atoms with Crippen LogP contribution in [0.4, 0.5) is 5.82 Å². The zero-order chi connectivity index (χ0) is 10.8. The van der Waals surface area contributed by atoms with Crippen LogP contribution in [0.5, 0.6) is 0 Å². The highest BCUT2D eigenvalue weighted by molar-refractivity contribution is 6.33. The molecule has 82 valence electrons. The molecule has 0 amide bonds. The van der Waals surface area contributed by atoms with E-state index in [-0.39, 0.29) is 6.10 Å². The summed E-state index contributed by atoms with van der Waals surface area (Å²) in [5.41, 5.74) is 6.46. The van der Waals surface area contributed by atoms with E-state index in [2.05, 4.69) is 4.98 Å². The lowest BCUT2D eigenvalue weighted by Gasteiger charge is -2.18. The first-order valence-electron chi connectivity index (χ1n) is 4.99. The summed E-state index contributed by atoms with van der Waals surface area (Å²) in [6.45, 7) is 1.80. The van der Waals surface area contributed by atoms with Gasteiger partial charge in [0.05, 0.1) is 11.1 Å². The molecule has 4 nitrogen and oxygen atoms in total. The van der Waals surface area contributed by atoms with Crippen molar-refractivity contribution in [2.75, 3.05) is 18.0 Å². The van der Waals surface area contributed by atoms with Crippen LogP contribution in [0, 0.1) is 0 Å². The van der Waals surface area contributed by atoms with E-state index in [1.807, 2.05) is 11.0 Å². The third-order valence-corrected chi connectivity index (χ3v) is 3.05. The third-order valence-electron chi connectivity index (χ3n) is 2.63. The highest BCUT2D eigenvalue weighted by Crippen LogP contribution is 2.28. The zero-order valence-corrected chi connectivity index (χ0v) is 9.11. The van der Waals surface area contributed by atoms with Crippen LogP contribution >= 0.6 is 11.6 Å². The molecule has 2 heterocycles. The van der Waals surface area contributed by atoms with Crippen molar-refractivity contribution in [1.82, 2.24) is 4.98 Å². The van der Waals surface area contributed by atoms with Gasteiger partial charge in [-0.05, 0) is 18.1 Å². The Morgan fingerprint density at radius 3 is 3.07 bits per heavy atom. The van der Waals surface area contributed by atoms with Gasteiger partial charge < -0.3 is 15.7 Å². The van der Waals surface area contributed by atoms with Gasteiger partial charge in [-0.3, -0.25) is 0 Å². The Hall–Kier alpha value is -0.840.